The van der Waals surface area contributed by atoms with Crippen molar-refractivity contribution in [3.8, 4) is 0 Å². The van der Waals surface area contributed by atoms with E-state index in [9.17, 15) is 8.78 Å². The van der Waals surface area contributed by atoms with E-state index in [-0.39, 0.29) is 13.1 Å². The highest BCUT2D eigenvalue weighted by atomic mass is 19.3. The second-order valence-corrected chi connectivity index (χ2v) is 4.30. The van der Waals surface area contributed by atoms with Gasteiger partial charge < -0.3 is 4.90 Å². The zero-order valence-electron chi connectivity index (χ0n) is 9.50. The molecule has 0 unspecified atom stereocenters. The van der Waals surface area contributed by atoms with Crippen LogP contribution in [0.4, 0.5) is 14.6 Å². The van der Waals surface area contributed by atoms with Crippen molar-refractivity contribution in [1.29, 1.82) is 0 Å². The number of halogens is 2. The molecular formula is C11H11F2N5. The van der Waals surface area contributed by atoms with Gasteiger partial charge in [-0.05, 0) is 12.1 Å². The van der Waals surface area contributed by atoms with Gasteiger partial charge in [-0.2, -0.15) is 0 Å². The quantitative estimate of drug-likeness (QED) is 0.821. The van der Waals surface area contributed by atoms with Gasteiger partial charge in [-0.25, -0.2) is 18.4 Å². The normalized spacial score (nSPS) is 17.6. The molecule has 3 rings (SSSR count). The Hall–Kier alpha value is -2.05. The molecule has 0 amide bonds. The van der Waals surface area contributed by atoms with Gasteiger partial charge in [-0.3, -0.25) is 0 Å². The lowest BCUT2D eigenvalue weighted by atomic mass is 10.1. The molecule has 1 aliphatic heterocycles. The molecule has 0 aliphatic carbocycles. The minimum Gasteiger partial charge on any atom is -0.344 e. The summed E-state index contributed by atoms with van der Waals surface area (Å²) >= 11 is 0. The van der Waals surface area contributed by atoms with Crippen LogP contribution in [0.2, 0.25) is 0 Å². The van der Waals surface area contributed by atoms with Gasteiger partial charge in [0.25, 0.3) is 5.92 Å². The summed E-state index contributed by atoms with van der Waals surface area (Å²) in [6.07, 6.45) is 3.31. The van der Waals surface area contributed by atoms with E-state index in [1.807, 2.05) is 12.1 Å². The van der Waals surface area contributed by atoms with Crippen molar-refractivity contribution in [3.05, 3.63) is 36.3 Å². The van der Waals surface area contributed by atoms with Gasteiger partial charge in [0.1, 0.15) is 5.82 Å². The average molecular weight is 251 g/mol. The van der Waals surface area contributed by atoms with Crippen LogP contribution in [-0.2, 0) is 6.54 Å². The molecule has 0 radical (unpaired) electrons. The van der Waals surface area contributed by atoms with Crippen molar-refractivity contribution < 1.29 is 8.78 Å². The summed E-state index contributed by atoms with van der Waals surface area (Å²) in [5.41, 5.74) is 0.771. The van der Waals surface area contributed by atoms with Crippen LogP contribution in [0.3, 0.4) is 0 Å². The molecular weight excluding hydrogens is 240 g/mol. The molecule has 0 N–H and O–H groups in total. The predicted octanol–water partition coefficient (Wildman–Crippen LogP) is 1.18. The number of hydrogen-bond donors (Lipinski definition) is 0. The van der Waals surface area contributed by atoms with Crippen molar-refractivity contribution in [3.63, 3.8) is 0 Å². The third kappa shape index (κ3) is 2.15. The zero-order valence-corrected chi connectivity index (χ0v) is 9.50. The summed E-state index contributed by atoms with van der Waals surface area (Å²) < 4.78 is 27.2. The third-order valence-electron chi connectivity index (χ3n) is 2.76. The average Bonchev–Trinajstić information content (AvgIpc) is 2.79. The first-order valence-electron chi connectivity index (χ1n) is 5.55. The largest absolute Gasteiger partial charge is 0.344 e. The van der Waals surface area contributed by atoms with E-state index in [4.69, 9.17) is 0 Å². The second-order valence-electron chi connectivity index (χ2n) is 4.30. The first-order valence-corrected chi connectivity index (χ1v) is 5.55. The van der Waals surface area contributed by atoms with Crippen LogP contribution in [-0.4, -0.2) is 39.0 Å². The lowest BCUT2D eigenvalue weighted by Gasteiger charge is -2.39. The molecule has 3 heterocycles. The summed E-state index contributed by atoms with van der Waals surface area (Å²) in [6, 6.07) is 5.38. The van der Waals surface area contributed by atoms with Crippen molar-refractivity contribution in [2.45, 2.75) is 12.5 Å². The Kier molecular flexibility index (Phi) is 2.46. The van der Waals surface area contributed by atoms with Gasteiger partial charge in [0.05, 0.1) is 31.5 Å². The molecule has 0 spiro atoms. The SMILES string of the molecule is FC1(F)CN(c2cccc(Cn3ccnn3)n2)C1. The molecule has 0 aromatic carbocycles. The number of nitrogens with zero attached hydrogens (tertiary/aromatic N) is 5. The Morgan fingerprint density at radius 3 is 2.78 bits per heavy atom. The Morgan fingerprint density at radius 2 is 2.11 bits per heavy atom. The van der Waals surface area contributed by atoms with Crippen molar-refractivity contribution in [1.82, 2.24) is 20.0 Å². The van der Waals surface area contributed by atoms with Gasteiger partial charge in [0, 0.05) is 6.20 Å². The summed E-state index contributed by atoms with van der Waals surface area (Å²) in [7, 11) is 0. The molecule has 0 atom stereocenters. The maximum absolute atomic E-state index is 12.8. The maximum atomic E-state index is 12.8. The van der Waals surface area contributed by atoms with Crippen LogP contribution in [0, 0.1) is 0 Å². The number of anilines is 1. The highest BCUT2D eigenvalue weighted by molar-refractivity contribution is 5.43. The lowest BCUT2D eigenvalue weighted by Crippen LogP contribution is -2.56. The fourth-order valence-corrected chi connectivity index (χ4v) is 1.89. The van der Waals surface area contributed by atoms with Gasteiger partial charge >= 0.3 is 0 Å². The molecule has 5 nitrogen and oxygen atoms in total. The van der Waals surface area contributed by atoms with Crippen LogP contribution < -0.4 is 4.90 Å². The highest BCUT2D eigenvalue weighted by Crippen LogP contribution is 2.30. The Morgan fingerprint density at radius 1 is 1.28 bits per heavy atom. The molecule has 2 aromatic rings. The minimum atomic E-state index is -2.58. The first kappa shape index (κ1) is 11.1. The number of hydrogen-bond acceptors (Lipinski definition) is 4. The number of alkyl halides is 2. The van der Waals surface area contributed by atoms with Gasteiger partial charge in [-0.1, -0.05) is 11.3 Å². The second kappa shape index (κ2) is 4.01. The fourth-order valence-electron chi connectivity index (χ4n) is 1.89. The molecule has 1 fully saturated rings. The van der Waals surface area contributed by atoms with Gasteiger partial charge in [0.2, 0.25) is 0 Å². The van der Waals surface area contributed by atoms with Crippen molar-refractivity contribution >= 4 is 5.82 Å². The van der Waals surface area contributed by atoms with Gasteiger partial charge in [0.15, 0.2) is 0 Å². The van der Waals surface area contributed by atoms with Crippen LogP contribution in [0.15, 0.2) is 30.6 Å². The number of pyridine rings is 1. The van der Waals surface area contributed by atoms with E-state index in [0.29, 0.717) is 12.4 Å². The smallest absolute Gasteiger partial charge is 0.282 e. The van der Waals surface area contributed by atoms with Crippen molar-refractivity contribution in [2.75, 3.05) is 18.0 Å². The molecule has 0 bridgehead atoms. The van der Waals surface area contributed by atoms with Crippen molar-refractivity contribution in [2.24, 2.45) is 0 Å². The van der Waals surface area contributed by atoms with Crippen LogP contribution in [0.25, 0.3) is 0 Å². The standard InChI is InChI=1S/C11H11F2N5/c12-11(13)7-17(8-11)10-3-1-2-9(15-10)6-18-5-4-14-16-18/h1-5H,6-8H2. The Bertz CT molecular complexity index is 532. The lowest BCUT2D eigenvalue weighted by molar-refractivity contribution is -0.0267. The summed E-state index contributed by atoms with van der Waals surface area (Å²) in [5, 5.41) is 7.53. The minimum absolute atomic E-state index is 0.257. The van der Waals surface area contributed by atoms with E-state index in [1.165, 1.54) is 0 Å². The molecule has 2 aromatic heterocycles. The Labute approximate surface area is 102 Å². The highest BCUT2D eigenvalue weighted by Gasteiger charge is 2.44. The summed E-state index contributed by atoms with van der Waals surface area (Å²) in [4.78, 5) is 5.90. The first-order chi connectivity index (χ1) is 8.62. The summed E-state index contributed by atoms with van der Waals surface area (Å²) in [5.74, 6) is -2.00. The molecule has 94 valence electrons. The molecule has 18 heavy (non-hydrogen) atoms. The topological polar surface area (TPSA) is 46.8 Å². The molecule has 0 saturated carbocycles. The van der Waals surface area contributed by atoms with Crippen LogP contribution in [0.5, 0.6) is 0 Å². The van der Waals surface area contributed by atoms with E-state index in [0.717, 1.165) is 5.69 Å². The molecule has 1 aliphatic rings. The van der Waals surface area contributed by atoms with E-state index in [2.05, 4.69) is 15.3 Å². The predicted molar refractivity (Wildman–Crippen MR) is 60.5 cm³/mol. The van der Waals surface area contributed by atoms with E-state index in [1.54, 1.807) is 28.0 Å². The third-order valence-corrected chi connectivity index (χ3v) is 2.76. The Balaban J connectivity index is 1.74. The number of rotatable bonds is 3. The summed E-state index contributed by atoms with van der Waals surface area (Å²) in [6.45, 7) is -0.0301. The van der Waals surface area contributed by atoms with Crippen LogP contribution >= 0.6 is 0 Å². The number of aromatic nitrogens is 4. The monoisotopic (exact) mass is 251 g/mol. The van der Waals surface area contributed by atoms with Crippen LogP contribution in [0.1, 0.15) is 5.69 Å². The maximum Gasteiger partial charge on any atom is 0.282 e. The van der Waals surface area contributed by atoms with E-state index < -0.39 is 5.92 Å². The zero-order chi connectivity index (χ0) is 12.6. The van der Waals surface area contributed by atoms with E-state index >= 15 is 0 Å². The molecule has 1 saturated heterocycles. The fraction of sp³-hybridized carbons (Fsp3) is 0.364. The molecule has 7 heteroatoms. The van der Waals surface area contributed by atoms with Gasteiger partial charge in [-0.15, -0.1) is 5.10 Å².